The molecular formula is C58H109NO7P+. The van der Waals surface area contributed by atoms with Crippen LogP contribution in [0.25, 0.3) is 0 Å². The fourth-order valence-corrected chi connectivity index (χ4v) is 8.52. The summed E-state index contributed by atoms with van der Waals surface area (Å²) >= 11 is 0. The van der Waals surface area contributed by atoms with Crippen LogP contribution < -0.4 is 0 Å². The van der Waals surface area contributed by atoms with Crippen LogP contribution >= 0.6 is 7.82 Å². The second kappa shape index (κ2) is 50.6. The molecule has 0 aliphatic rings. The molecule has 1 N–H and O–H groups in total. The van der Waals surface area contributed by atoms with Gasteiger partial charge in [-0.05, 0) is 77.0 Å². The van der Waals surface area contributed by atoms with Crippen LogP contribution in [0.5, 0.6) is 0 Å². The Hall–Kier alpha value is -1.80. The minimum Gasteiger partial charge on any atom is -0.457 e. The molecule has 0 spiro atoms. The summed E-state index contributed by atoms with van der Waals surface area (Å²) in [5.74, 6) is -0.315. The van der Waals surface area contributed by atoms with E-state index < -0.39 is 13.9 Å². The molecule has 392 valence electrons. The zero-order valence-electron chi connectivity index (χ0n) is 44.6. The van der Waals surface area contributed by atoms with Crippen LogP contribution in [0.3, 0.4) is 0 Å². The van der Waals surface area contributed by atoms with Gasteiger partial charge in [-0.15, -0.1) is 0 Å². The number of carbonyl (C=O) groups excluding carboxylic acids is 1. The lowest BCUT2D eigenvalue weighted by Crippen LogP contribution is -2.37. The number of unbranched alkanes of at least 4 members (excludes halogenated alkanes) is 28. The maximum absolute atomic E-state index is 12.8. The second-order valence-corrected chi connectivity index (χ2v) is 21.4. The number of nitrogens with zero attached hydrogens (tertiary/aromatic N) is 1. The quantitative estimate of drug-likeness (QED) is 0.0213. The minimum absolute atomic E-state index is 0.0858. The van der Waals surface area contributed by atoms with Gasteiger partial charge in [0.25, 0.3) is 0 Å². The molecule has 0 saturated heterocycles. The van der Waals surface area contributed by atoms with Crippen molar-refractivity contribution in [3.63, 3.8) is 0 Å². The van der Waals surface area contributed by atoms with E-state index >= 15 is 0 Å². The lowest BCUT2D eigenvalue weighted by Gasteiger charge is -2.24. The van der Waals surface area contributed by atoms with E-state index in [0.29, 0.717) is 24.1 Å². The predicted molar refractivity (Wildman–Crippen MR) is 289 cm³/mol. The Labute approximate surface area is 415 Å². The van der Waals surface area contributed by atoms with Crippen molar-refractivity contribution in [1.82, 2.24) is 0 Å². The number of likely N-dealkylation sites (N-methyl/N-ethyl adjacent to an activating group) is 1. The smallest absolute Gasteiger partial charge is 0.457 e. The van der Waals surface area contributed by atoms with Crippen molar-refractivity contribution < 1.29 is 37.3 Å². The van der Waals surface area contributed by atoms with Crippen LogP contribution in [0, 0.1) is 0 Å². The zero-order valence-corrected chi connectivity index (χ0v) is 45.5. The zero-order chi connectivity index (χ0) is 49.0. The topological polar surface area (TPSA) is 91.3 Å². The van der Waals surface area contributed by atoms with Crippen molar-refractivity contribution in [2.75, 3.05) is 54.1 Å². The first-order valence-electron chi connectivity index (χ1n) is 28.0. The van der Waals surface area contributed by atoms with Gasteiger partial charge in [0.2, 0.25) is 0 Å². The molecule has 0 aliphatic carbocycles. The molecule has 9 heteroatoms. The number of carbonyl (C=O) groups is 1. The van der Waals surface area contributed by atoms with Crippen molar-refractivity contribution in [2.24, 2.45) is 0 Å². The number of esters is 1. The number of rotatable bonds is 52. The van der Waals surface area contributed by atoms with Crippen molar-refractivity contribution >= 4 is 13.8 Å². The molecule has 0 aromatic heterocycles. The number of phosphoric ester groups is 1. The highest BCUT2D eigenvalue weighted by molar-refractivity contribution is 7.47. The Balaban J connectivity index is 4.10. The van der Waals surface area contributed by atoms with E-state index in [0.717, 1.165) is 57.8 Å². The SMILES string of the molecule is CC/C=C\C/C=C\C/C=C\C/C=C\CCCCCCCCCCCOCC(COP(=O)(O)OCC[N+](C)(C)C)OC(=O)CCCCCCCCCCCCC/C=C\CCCCCCCCCC. The second-order valence-electron chi connectivity index (χ2n) is 19.9. The molecule has 0 bridgehead atoms. The van der Waals surface area contributed by atoms with E-state index in [1.165, 1.54) is 167 Å². The number of phosphoric acid groups is 1. The largest absolute Gasteiger partial charge is 0.472 e. The summed E-state index contributed by atoms with van der Waals surface area (Å²) in [6.45, 7) is 5.52. The number of hydrogen-bond acceptors (Lipinski definition) is 6. The standard InChI is InChI=1S/C58H108NO7P/c1-6-8-10-12-14-16-18-20-22-24-26-28-30-31-33-35-37-39-41-43-45-47-49-51-58(60)66-57(56-65-67(61,62)64-54-52-59(3,4)5)55-63-53-50-48-46-44-42-40-38-36-34-32-29-27-25-23-21-19-17-15-13-11-9-7-2/h9,11,15,17,21,23-24,26-27,29,57H,6-8,10,12-14,16,18-20,22,25,28,30-56H2,1-5H3/p+1/b11-9-,17-15-,23-21-,26-24-,29-27-. The first kappa shape index (κ1) is 65.2. The van der Waals surface area contributed by atoms with E-state index in [-0.39, 0.29) is 25.8 Å². The van der Waals surface area contributed by atoms with Crippen LogP contribution in [-0.4, -0.2) is 75.6 Å². The minimum atomic E-state index is -4.29. The van der Waals surface area contributed by atoms with Gasteiger partial charge in [-0.3, -0.25) is 13.8 Å². The average molecular weight is 963 g/mol. The lowest BCUT2D eigenvalue weighted by molar-refractivity contribution is -0.870. The van der Waals surface area contributed by atoms with Gasteiger partial charge in [0.1, 0.15) is 19.3 Å². The first-order valence-corrected chi connectivity index (χ1v) is 29.5. The summed E-state index contributed by atoms with van der Waals surface area (Å²) in [5.41, 5.74) is 0. The fourth-order valence-electron chi connectivity index (χ4n) is 7.78. The van der Waals surface area contributed by atoms with Crippen molar-refractivity contribution in [1.29, 1.82) is 0 Å². The molecule has 0 heterocycles. The average Bonchev–Trinajstić information content (AvgIpc) is 3.29. The van der Waals surface area contributed by atoms with Gasteiger partial charge in [0, 0.05) is 13.0 Å². The van der Waals surface area contributed by atoms with Crippen LogP contribution in [0.2, 0.25) is 0 Å². The fraction of sp³-hybridized carbons (Fsp3) is 0.810. The van der Waals surface area contributed by atoms with Crippen LogP contribution in [0.1, 0.15) is 245 Å². The highest BCUT2D eigenvalue weighted by Gasteiger charge is 2.26. The third kappa shape index (κ3) is 55.0. The molecule has 0 aliphatic heterocycles. The Morgan fingerprint density at radius 2 is 0.866 bits per heavy atom. The molecule has 0 radical (unpaired) electrons. The third-order valence-electron chi connectivity index (χ3n) is 12.1. The van der Waals surface area contributed by atoms with Gasteiger partial charge < -0.3 is 18.9 Å². The van der Waals surface area contributed by atoms with Crippen molar-refractivity contribution in [3.8, 4) is 0 Å². The number of quaternary nitrogens is 1. The van der Waals surface area contributed by atoms with Gasteiger partial charge in [0.15, 0.2) is 0 Å². The molecule has 0 saturated carbocycles. The molecule has 0 rings (SSSR count). The Morgan fingerprint density at radius 3 is 1.31 bits per heavy atom. The van der Waals surface area contributed by atoms with E-state index in [1.807, 2.05) is 21.1 Å². The molecular weight excluding hydrogens is 854 g/mol. The maximum atomic E-state index is 12.8. The molecule has 8 nitrogen and oxygen atoms in total. The molecule has 67 heavy (non-hydrogen) atoms. The van der Waals surface area contributed by atoms with E-state index in [2.05, 4.69) is 74.6 Å². The van der Waals surface area contributed by atoms with Crippen LogP contribution in [0.15, 0.2) is 60.8 Å². The predicted octanol–water partition coefficient (Wildman–Crippen LogP) is 17.6. The summed E-state index contributed by atoms with van der Waals surface area (Å²) in [6, 6.07) is 0. The first-order chi connectivity index (χ1) is 32.6. The normalized spacial score (nSPS) is 13.9. The molecule has 2 unspecified atom stereocenters. The summed E-state index contributed by atoms with van der Waals surface area (Å²) in [7, 11) is 1.66. The van der Waals surface area contributed by atoms with Gasteiger partial charge >= 0.3 is 13.8 Å². The third-order valence-corrected chi connectivity index (χ3v) is 13.0. The van der Waals surface area contributed by atoms with Crippen LogP contribution in [-0.2, 0) is 27.9 Å². The number of ether oxygens (including phenoxy) is 2. The van der Waals surface area contributed by atoms with Gasteiger partial charge in [-0.25, -0.2) is 4.57 Å². The molecule has 0 amide bonds. The van der Waals surface area contributed by atoms with E-state index in [1.54, 1.807) is 0 Å². The van der Waals surface area contributed by atoms with E-state index in [4.69, 9.17) is 18.5 Å². The van der Waals surface area contributed by atoms with Gasteiger partial charge in [-0.2, -0.15) is 0 Å². The summed E-state index contributed by atoms with van der Waals surface area (Å²) in [6.07, 6.45) is 65.6. The van der Waals surface area contributed by atoms with Crippen molar-refractivity contribution in [3.05, 3.63) is 60.8 Å². The highest BCUT2D eigenvalue weighted by atomic mass is 31.2. The Bertz CT molecular complexity index is 1260. The maximum Gasteiger partial charge on any atom is 0.472 e. The Morgan fingerprint density at radius 1 is 0.478 bits per heavy atom. The van der Waals surface area contributed by atoms with Crippen LogP contribution in [0.4, 0.5) is 0 Å². The van der Waals surface area contributed by atoms with Crippen molar-refractivity contribution in [2.45, 2.75) is 251 Å². The number of hydrogen-bond donors (Lipinski definition) is 1. The van der Waals surface area contributed by atoms with Gasteiger partial charge in [-0.1, -0.05) is 222 Å². The Kier molecular flexibility index (Phi) is 49.2. The molecule has 0 aromatic carbocycles. The van der Waals surface area contributed by atoms with Gasteiger partial charge in [0.05, 0.1) is 34.4 Å². The highest BCUT2D eigenvalue weighted by Crippen LogP contribution is 2.43. The number of allylic oxidation sites excluding steroid dienone is 10. The monoisotopic (exact) mass is 963 g/mol. The molecule has 2 atom stereocenters. The van der Waals surface area contributed by atoms with E-state index in [9.17, 15) is 14.3 Å². The lowest BCUT2D eigenvalue weighted by atomic mass is 10.0. The summed E-state index contributed by atoms with van der Waals surface area (Å²) in [4.78, 5) is 23.1. The molecule has 0 fully saturated rings. The summed E-state index contributed by atoms with van der Waals surface area (Å²) in [5, 5.41) is 0. The molecule has 0 aromatic rings. The summed E-state index contributed by atoms with van der Waals surface area (Å²) < 4.78 is 35.2.